The maximum absolute atomic E-state index is 13.3. The predicted molar refractivity (Wildman–Crippen MR) is 113 cm³/mol. The largest absolute Gasteiger partial charge is 0.480 e. The van der Waals surface area contributed by atoms with Crippen LogP contribution in [0.2, 0.25) is 0 Å². The van der Waals surface area contributed by atoms with Gasteiger partial charge < -0.3 is 24.6 Å². The molecule has 33 heavy (non-hydrogen) atoms. The summed E-state index contributed by atoms with van der Waals surface area (Å²) in [5.41, 5.74) is -4.03. The van der Waals surface area contributed by atoms with Crippen molar-refractivity contribution in [2.24, 2.45) is 0 Å². The first kappa shape index (κ1) is 23.4. The van der Waals surface area contributed by atoms with Crippen LogP contribution in [0.25, 0.3) is 0 Å². The average molecular weight is 486 g/mol. The van der Waals surface area contributed by atoms with E-state index in [4.69, 9.17) is 20.3 Å². The molecule has 0 amide bonds. The lowest BCUT2D eigenvalue weighted by molar-refractivity contribution is -0.138. The van der Waals surface area contributed by atoms with Gasteiger partial charge in [0.2, 0.25) is 0 Å². The molecule has 0 radical (unpaired) electrons. The molecular formula is C19H24N3O10P. The Balaban J connectivity index is 1.83. The second-order valence-corrected chi connectivity index (χ2v) is 9.22. The van der Waals surface area contributed by atoms with Gasteiger partial charge in [0, 0.05) is 12.2 Å². The van der Waals surface area contributed by atoms with Crippen molar-refractivity contribution >= 4 is 13.7 Å². The van der Waals surface area contributed by atoms with Crippen LogP contribution in [0.5, 0.6) is 5.75 Å². The number of aromatic nitrogens is 2. The van der Waals surface area contributed by atoms with Crippen molar-refractivity contribution in [2.75, 3.05) is 6.61 Å². The summed E-state index contributed by atoms with van der Waals surface area (Å²) in [5, 5.41) is 32.8. The first-order chi connectivity index (χ1) is 15.8. The number of rotatable bonds is 9. The molecule has 3 rings (SSSR count). The Morgan fingerprint density at radius 1 is 1.42 bits per heavy atom. The van der Waals surface area contributed by atoms with E-state index < -0.39 is 67.7 Å². The molecule has 0 bridgehead atoms. The van der Waals surface area contributed by atoms with Crippen LogP contribution in [0.4, 0.5) is 0 Å². The topological polar surface area (TPSA) is 189 Å². The van der Waals surface area contributed by atoms with Crippen LogP contribution in [-0.4, -0.2) is 61.3 Å². The molecule has 13 nitrogen and oxygen atoms in total. The van der Waals surface area contributed by atoms with Gasteiger partial charge in [-0.3, -0.25) is 23.7 Å². The van der Waals surface area contributed by atoms with Crippen molar-refractivity contribution in [2.45, 2.75) is 43.9 Å². The fraction of sp³-hybridized carbons (Fsp3) is 0.421. The third-order valence-electron chi connectivity index (χ3n) is 4.90. The molecule has 1 saturated heterocycles. The summed E-state index contributed by atoms with van der Waals surface area (Å²) in [4.78, 5) is 36.8. The smallest absolute Gasteiger partial charge is 0.459 e. The number of hydrogen-bond donors (Lipinski definition) is 5. The van der Waals surface area contributed by atoms with E-state index >= 15 is 0 Å². The predicted octanol–water partition coefficient (Wildman–Crippen LogP) is -0.188. The Morgan fingerprint density at radius 3 is 2.73 bits per heavy atom. The molecule has 1 aliphatic rings. The fourth-order valence-electron chi connectivity index (χ4n) is 3.11. The highest BCUT2D eigenvalue weighted by Crippen LogP contribution is 2.46. The van der Waals surface area contributed by atoms with Crippen LogP contribution in [0.1, 0.15) is 21.4 Å². The number of para-hydroxylation sites is 1. The van der Waals surface area contributed by atoms with Crippen LogP contribution in [-0.2, 0) is 18.6 Å². The van der Waals surface area contributed by atoms with Gasteiger partial charge in [0.15, 0.2) is 6.23 Å². The van der Waals surface area contributed by atoms with E-state index in [1.54, 1.807) is 18.2 Å². The highest BCUT2D eigenvalue weighted by Gasteiger charge is 2.54. The Labute approximate surface area is 188 Å². The van der Waals surface area contributed by atoms with Gasteiger partial charge in [-0.25, -0.2) is 9.36 Å². The van der Waals surface area contributed by atoms with E-state index in [0.717, 1.165) is 17.7 Å². The number of nitrogens with zero attached hydrogens (tertiary/aromatic N) is 1. The molecule has 1 aliphatic heterocycles. The number of nitrogens with one attached hydrogen (secondary N) is 2. The van der Waals surface area contributed by atoms with Gasteiger partial charge in [0.05, 0.1) is 7.98 Å². The Kier molecular flexibility index (Phi) is 6.79. The molecule has 6 atom stereocenters. The van der Waals surface area contributed by atoms with Gasteiger partial charge in [-0.1, -0.05) is 18.2 Å². The van der Waals surface area contributed by atoms with E-state index in [1.807, 2.05) is 4.98 Å². The number of aliphatic hydroxyl groups is 2. The monoisotopic (exact) mass is 486 g/mol. The lowest BCUT2D eigenvalue weighted by Crippen LogP contribution is -2.47. The number of carboxylic acid groups (broad SMARTS) is 1. The molecule has 2 aromatic rings. The van der Waals surface area contributed by atoms with Crippen molar-refractivity contribution in [1.82, 2.24) is 14.6 Å². The minimum atomic E-state index is -4.34. The molecule has 1 aromatic carbocycles. The van der Waals surface area contributed by atoms with E-state index in [2.05, 4.69) is 5.09 Å². The number of aliphatic hydroxyl groups excluding tert-OH is 1. The van der Waals surface area contributed by atoms with Crippen LogP contribution in [0.15, 0.2) is 52.2 Å². The first-order valence-corrected chi connectivity index (χ1v) is 11.3. The second kappa shape index (κ2) is 9.59. The lowest BCUT2D eigenvalue weighted by atomic mass is 9.96. The maximum atomic E-state index is 13.3. The summed E-state index contributed by atoms with van der Waals surface area (Å²) in [6.45, 7) is 1.73. The van der Waals surface area contributed by atoms with Gasteiger partial charge in [-0.05, 0) is 26.0 Å². The number of benzene rings is 1. The zero-order chi connectivity index (χ0) is 25.3. The van der Waals surface area contributed by atoms with Crippen LogP contribution >= 0.6 is 7.75 Å². The quantitative estimate of drug-likeness (QED) is 0.295. The summed E-state index contributed by atoms with van der Waals surface area (Å²) in [5.74, 6) is -1.22. The number of aliphatic carboxylic acids is 1. The molecule has 2 heterocycles. The number of aromatic amines is 1. The molecule has 1 unspecified atom stereocenters. The van der Waals surface area contributed by atoms with Gasteiger partial charge in [-0.15, -0.1) is 0 Å². The van der Waals surface area contributed by atoms with Gasteiger partial charge in [0.25, 0.3) is 5.56 Å². The first-order valence-electron chi connectivity index (χ1n) is 10.2. The fourth-order valence-corrected chi connectivity index (χ4v) is 4.62. The summed E-state index contributed by atoms with van der Waals surface area (Å²) in [7, 11) is -4.34. The highest BCUT2D eigenvalue weighted by atomic mass is 31.2. The highest BCUT2D eigenvalue weighted by molar-refractivity contribution is 7.52. The zero-order valence-electron chi connectivity index (χ0n) is 18.6. The van der Waals surface area contributed by atoms with Crippen molar-refractivity contribution in [3.05, 3.63) is 63.4 Å². The van der Waals surface area contributed by atoms with Crippen molar-refractivity contribution in [1.29, 1.82) is 0 Å². The third-order valence-corrected chi connectivity index (χ3v) is 6.54. The van der Waals surface area contributed by atoms with E-state index in [9.17, 15) is 29.2 Å². The second-order valence-electron chi connectivity index (χ2n) is 7.52. The summed E-state index contributed by atoms with van der Waals surface area (Å²) < 4.78 is 37.9. The number of carboxylic acids is 1. The standard InChI is InChI=1S/C19H24N3O10P/c1-11(16(25)26)21-33(29,32-12-6-4-3-5-7-12)30-10-13-15(24)19(2,28)17(31-13)22-9-8-14(23)20-18(22)27/h3-9,11,13,15,17,24,28H,10H2,1-2H3,(H,21,29)(H,25,26)(H,20,23,27)/t11?,13-,15-,17-,19-,33+/m1/s1/i8D. The molecule has 1 fully saturated rings. The Hall–Kier alpha value is -2.80. The Bertz CT molecular complexity index is 1200. The minimum absolute atomic E-state index is 0.108. The van der Waals surface area contributed by atoms with Gasteiger partial charge in [-0.2, -0.15) is 5.09 Å². The van der Waals surface area contributed by atoms with E-state index in [1.165, 1.54) is 19.1 Å². The van der Waals surface area contributed by atoms with E-state index in [0.29, 0.717) is 0 Å². The van der Waals surface area contributed by atoms with Crippen molar-refractivity contribution in [3.63, 3.8) is 0 Å². The maximum Gasteiger partial charge on any atom is 0.459 e. The van der Waals surface area contributed by atoms with Crippen molar-refractivity contribution < 1.29 is 39.8 Å². The van der Waals surface area contributed by atoms with Crippen LogP contribution < -0.4 is 20.9 Å². The van der Waals surface area contributed by atoms with Crippen LogP contribution in [0, 0.1) is 0 Å². The molecular weight excluding hydrogens is 461 g/mol. The Morgan fingerprint density at radius 2 is 2.09 bits per heavy atom. The average Bonchev–Trinajstić information content (AvgIpc) is 2.98. The lowest BCUT2D eigenvalue weighted by Gasteiger charge is -2.27. The van der Waals surface area contributed by atoms with Crippen LogP contribution in [0.3, 0.4) is 0 Å². The number of ether oxygens (including phenoxy) is 1. The van der Waals surface area contributed by atoms with Gasteiger partial charge in [0.1, 0.15) is 29.6 Å². The molecule has 14 heteroatoms. The number of carbonyl (C=O) groups is 1. The summed E-state index contributed by atoms with van der Waals surface area (Å²) >= 11 is 0. The molecule has 180 valence electrons. The molecule has 0 aliphatic carbocycles. The van der Waals surface area contributed by atoms with E-state index in [-0.39, 0.29) is 5.75 Å². The van der Waals surface area contributed by atoms with Crippen molar-refractivity contribution in [3.8, 4) is 5.75 Å². The third kappa shape index (κ3) is 5.58. The van der Waals surface area contributed by atoms with Gasteiger partial charge >= 0.3 is 19.4 Å². The summed E-state index contributed by atoms with van der Waals surface area (Å²) in [6.07, 6.45) is -3.73. The molecule has 0 saturated carbocycles. The minimum Gasteiger partial charge on any atom is -0.480 e. The SMILES string of the molecule is [2H]c1cn([C@@H]2O[C@H](CO[P@@](=O)(NC(C)C(=O)O)Oc3ccccc3)[C@@H](O)[C@@]2(C)O)c(=O)[nH]c1=O. The zero-order valence-corrected chi connectivity index (χ0v) is 18.5. The number of H-pyrrole nitrogens is 1. The number of hydrogen-bond acceptors (Lipinski definition) is 9. The normalized spacial score (nSPS) is 28.0. The molecule has 5 N–H and O–H groups in total. The molecule has 1 aromatic heterocycles. The molecule has 0 spiro atoms. The summed E-state index contributed by atoms with van der Waals surface area (Å²) in [6, 6.07) is 5.87.